The van der Waals surface area contributed by atoms with Gasteiger partial charge in [-0.3, -0.25) is 9.78 Å². The molecule has 2 aromatic carbocycles. The summed E-state index contributed by atoms with van der Waals surface area (Å²) in [5, 5.41) is 12.7. The molecule has 4 rings (SSSR count). The van der Waals surface area contributed by atoms with Crippen molar-refractivity contribution in [1.29, 1.82) is 0 Å². The van der Waals surface area contributed by atoms with E-state index in [1.54, 1.807) is 24.5 Å². The van der Waals surface area contributed by atoms with Gasteiger partial charge >= 0.3 is 0 Å². The number of amides is 1. The molecule has 32 heavy (non-hydrogen) atoms. The summed E-state index contributed by atoms with van der Waals surface area (Å²) in [6, 6.07) is 14.0. The third kappa shape index (κ3) is 4.59. The third-order valence-corrected chi connectivity index (χ3v) is 7.96. The summed E-state index contributed by atoms with van der Waals surface area (Å²) in [4.78, 5) is 16.3. The molecule has 1 aliphatic rings. The minimum Gasteiger partial charge on any atom is -0.489 e. The van der Waals surface area contributed by atoms with Crippen molar-refractivity contribution in [2.75, 3.05) is 18.8 Å². The quantitative estimate of drug-likeness (QED) is 0.561. The molecule has 0 spiro atoms. The van der Waals surface area contributed by atoms with Crippen LogP contribution in [0.5, 0.6) is 5.75 Å². The maximum atomic E-state index is 13.0. The first-order valence-corrected chi connectivity index (χ1v) is 12.0. The van der Waals surface area contributed by atoms with Crippen LogP contribution < -0.4 is 10.5 Å². The molecule has 1 aliphatic heterocycles. The van der Waals surface area contributed by atoms with Crippen molar-refractivity contribution in [2.45, 2.75) is 24.3 Å². The van der Waals surface area contributed by atoms with E-state index < -0.39 is 21.2 Å². The summed E-state index contributed by atoms with van der Waals surface area (Å²) in [6.45, 7) is 0.737. The Balaban J connectivity index is 1.47. The van der Waals surface area contributed by atoms with Crippen LogP contribution in [0.2, 0.25) is 0 Å². The number of carbonyl (C=O) groups excluding carboxylic acids is 1. The number of fused-ring (bicyclic) bond motifs is 1. The number of ether oxygens (including phenoxy) is 1. The van der Waals surface area contributed by atoms with Crippen molar-refractivity contribution < 1.29 is 23.2 Å². The molecule has 1 saturated heterocycles. The topological polar surface area (TPSA) is 123 Å². The summed E-state index contributed by atoms with van der Waals surface area (Å²) < 4.78 is 31.9. The van der Waals surface area contributed by atoms with Crippen molar-refractivity contribution >= 4 is 26.5 Å². The molecule has 168 valence electrons. The molecule has 0 aliphatic carbocycles. The largest absolute Gasteiger partial charge is 0.489 e. The van der Waals surface area contributed by atoms with Gasteiger partial charge in [0.15, 0.2) is 9.84 Å². The lowest BCUT2D eigenvalue weighted by molar-refractivity contribution is -0.144. The third-order valence-electron chi connectivity index (χ3n) is 6.03. The molecular weight excluding hydrogens is 430 g/mol. The van der Waals surface area contributed by atoms with Crippen LogP contribution >= 0.6 is 0 Å². The molecule has 3 N–H and O–H groups in total. The first-order valence-electron chi connectivity index (χ1n) is 10.3. The Morgan fingerprint density at radius 1 is 1.12 bits per heavy atom. The number of aromatic nitrogens is 1. The minimum absolute atomic E-state index is 0.105. The number of sulfone groups is 1. The van der Waals surface area contributed by atoms with E-state index in [1.165, 1.54) is 12.1 Å². The first kappa shape index (κ1) is 22.2. The Morgan fingerprint density at radius 3 is 2.53 bits per heavy atom. The molecule has 2 heterocycles. The van der Waals surface area contributed by atoms with E-state index in [2.05, 4.69) is 4.98 Å². The van der Waals surface area contributed by atoms with E-state index in [0.717, 1.165) is 21.4 Å². The van der Waals surface area contributed by atoms with Crippen molar-refractivity contribution in [3.63, 3.8) is 0 Å². The zero-order valence-corrected chi connectivity index (χ0v) is 18.3. The number of rotatable bonds is 7. The highest BCUT2D eigenvalue weighted by atomic mass is 32.2. The van der Waals surface area contributed by atoms with Gasteiger partial charge < -0.3 is 15.7 Å². The molecular formula is C23H25N3O5S. The maximum absolute atomic E-state index is 13.0. The molecule has 1 aromatic heterocycles. The predicted octanol–water partition coefficient (Wildman–Crippen LogP) is 2.54. The van der Waals surface area contributed by atoms with Crippen LogP contribution in [0.3, 0.4) is 0 Å². The molecule has 0 unspecified atom stereocenters. The Hall–Kier alpha value is -3.01. The van der Waals surface area contributed by atoms with Gasteiger partial charge in [-0.15, -0.1) is 0 Å². The van der Waals surface area contributed by atoms with Gasteiger partial charge in [-0.1, -0.05) is 18.2 Å². The summed E-state index contributed by atoms with van der Waals surface area (Å²) in [5.41, 5.74) is 5.38. The van der Waals surface area contributed by atoms with Crippen LogP contribution in [-0.4, -0.2) is 48.4 Å². The van der Waals surface area contributed by atoms with Crippen LogP contribution in [0.4, 0.5) is 0 Å². The van der Waals surface area contributed by atoms with Crippen molar-refractivity contribution in [2.24, 2.45) is 11.1 Å². The molecule has 0 radical (unpaired) electrons. The first-order chi connectivity index (χ1) is 15.3. The standard InChI is InChI=1S/C23H25N3O5S/c24-22(27)23(9-12-26(28)13-10-23)16-32(29,30)20-6-4-19(5-7-20)31-15-18-3-1-2-17-14-25-11-8-21(17)18/h1-8,11,14,28H,9-10,12-13,15-16H2,(H2,24,27). The van der Waals surface area contributed by atoms with Crippen LogP contribution in [-0.2, 0) is 21.2 Å². The highest BCUT2D eigenvalue weighted by Gasteiger charge is 2.43. The molecule has 3 aromatic rings. The van der Waals surface area contributed by atoms with Gasteiger partial charge in [0.05, 0.1) is 16.1 Å². The van der Waals surface area contributed by atoms with Gasteiger partial charge in [-0.05, 0) is 54.1 Å². The molecule has 0 atom stereocenters. The Bertz CT molecular complexity index is 1210. The highest BCUT2D eigenvalue weighted by molar-refractivity contribution is 7.91. The number of nitrogens with zero attached hydrogens (tertiary/aromatic N) is 2. The van der Waals surface area contributed by atoms with E-state index in [9.17, 15) is 18.4 Å². The molecule has 9 heteroatoms. The number of hydrogen-bond acceptors (Lipinski definition) is 7. The number of hydroxylamine groups is 2. The minimum atomic E-state index is -3.76. The number of piperidine rings is 1. The lowest BCUT2D eigenvalue weighted by atomic mass is 9.80. The Morgan fingerprint density at radius 2 is 1.84 bits per heavy atom. The fourth-order valence-electron chi connectivity index (χ4n) is 4.05. The normalized spacial score (nSPS) is 16.7. The molecule has 0 saturated carbocycles. The monoisotopic (exact) mass is 455 g/mol. The SMILES string of the molecule is NC(=O)C1(CS(=O)(=O)c2ccc(OCc3cccc4cnccc34)cc2)CCN(O)CC1. The zero-order valence-electron chi connectivity index (χ0n) is 17.5. The van der Waals surface area contributed by atoms with Gasteiger partial charge in [0.25, 0.3) is 0 Å². The lowest BCUT2D eigenvalue weighted by Gasteiger charge is -2.36. The van der Waals surface area contributed by atoms with E-state index in [-0.39, 0.29) is 36.6 Å². The lowest BCUT2D eigenvalue weighted by Crippen LogP contribution is -2.49. The highest BCUT2D eigenvalue weighted by Crippen LogP contribution is 2.34. The van der Waals surface area contributed by atoms with Crippen LogP contribution in [0, 0.1) is 5.41 Å². The number of hydrogen-bond donors (Lipinski definition) is 2. The number of carbonyl (C=O) groups is 1. The number of pyridine rings is 1. The fraction of sp³-hybridized carbons (Fsp3) is 0.304. The maximum Gasteiger partial charge on any atom is 0.224 e. The Kier molecular flexibility index (Phi) is 6.14. The van der Waals surface area contributed by atoms with Gasteiger partial charge in [-0.2, -0.15) is 5.06 Å². The van der Waals surface area contributed by atoms with Crippen molar-refractivity contribution in [1.82, 2.24) is 10.0 Å². The van der Waals surface area contributed by atoms with Gasteiger partial charge in [0.1, 0.15) is 12.4 Å². The zero-order chi connectivity index (χ0) is 22.8. The summed E-state index contributed by atoms with van der Waals surface area (Å²) in [6.07, 6.45) is 3.91. The van der Waals surface area contributed by atoms with Crippen LogP contribution in [0.25, 0.3) is 10.8 Å². The van der Waals surface area contributed by atoms with E-state index >= 15 is 0 Å². The molecule has 8 nitrogen and oxygen atoms in total. The molecule has 1 amide bonds. The van der Waals surface area contributed by atoms with Gasteiger partial charge in [-0.25, -0.2) is 8.42 Å². The number of primary amides is 1. The fourth-order valence-corrected chi connectivity index (χ4v) is 5.93. The van der Waals surface area contributed by atoms with Gasteiger partial charge in [0, 0.05) is 30.9 Å². The summed E-state index contributed by atoms with van der Waals surface area (Å²) in [7, 11) is -3.76. The van der Waals surface area contributed by atoms with E-state index in [4.69, 9.17) is 10.5 Å². The van der Waals surface area contributed by atoms with Crippen molar-refractivity contribution in [3.05, 3.63) is 66.5 Å². The molecule has 0 bridgehead atoms. The number of nitrogens with two attached hydrogens (primary N) is 1. The van der Waals surface area contributed by atoms with E-state index in [0.29, 0.717) is 12.4 Å². The average molecular weight is 456 g/mol. The summed E-state index contributed by atoms with van der Waals surface area (Å²) in [5.74, 6) is -0.499. The smallest absolute Gasteiger partial charge is 0.224 e. The van der Waals surface area contributed by atoms with Crippen LogP contribution in [0.1, 0.15) is 18.4 Å². The van der Waals surface area contributed by atoms with Gasteiger partial charge in [0.2, 0.25) is 5.91 Å². The Labute approximate surface area is 186 Å². The summed E-state index contributed by atoms with van der Waals surface area (Å²) >= 11 is 0. The van der Waals surface area contributed by atoms with Crippen molar-refractivity contribution in [3.8, 4) is 5.75 Å². The molecule has 1 fully saturated rings. The predicted molar refractivity (Wildman–Crippen MR) is 119 cm³/mol. The van der Waals surface area contributed by atoms with E-state index in [1.807, 2.05) is 24.3 Å². The second kappa shape index (κ2) is 8.85. The number of benzene rings is 2. The second-order valence-electron chi connectivity index (χ2n) is 8.13. The second-order valence-corrected chi connectivity index (χ2v) is 10.1. The average Bonchev–Trinajstić information content (AvgIpc) is 2.79. The van der Waals surface area contributed by atoms with Crippen LogP contribution in [0.15, 0.2) is 65.8 Å².